The lowest BCUT2D eigenvalue weighted by atomic mass is 10.1. The minimum absolute atomic E-state index is 0.229. The van der Waals surface area contributed by atoms with Gasteiger partial charge in [0, 0.05) is 32.6 Å². The third kappa shape index (κ3) is 3.08. The molecule has 0 saturated carbocycles. The molecule has 0 spiro atoms. The molecule has 1 aliphatic heterocycles. The lowest BCUT2D eigenvalue weighted by Crippen LogP contribution is -2.24. The van der Waals surface area contributed by atoms with Gasteiger partial charge in [-0.1, -0.05) is 0 Å². The van der Waals surface area contributed by atoms with Gasteiger partial charge >= 0.3 is 5.97 Å². The number of aromatic nitrogens is 2. The Labute approximate surface area is 106 Å². The van der Waals surface area contributed by atoms with Crippen molar-refractivity contribution < 1.29 is 14.6 Å². The highest BCUT2D eigenvalue weighted by Gasteiger charge is 2.28. The van der Waals surface area contributed by atoms with E-state index >= 15 is 0 Å². The third-order valence-electron chi connectivity index (χ3n) is 3.32. The van der Waals surface area contributed by atoms with E-state index in [0.717, 1.165) is 25.3 Å². The van der Waals surface area contributed by atoms with Crippen molar-refractivity contribution in [2.75, 3.05) is 26.8 Å². The summed E-state index contributed by atoms with van der Waals surface area (Å²) in [6.45, 7) is 3.59. The van der Waals surface area contributed by atoms with Crippen molar-refractivity contribution in [3.05, 3.63) is 18.2 Å². The van der Waals surface area contributed by atoms with E-state index in [4.69, 9.17) is 9.84 Å². The Morgan fingerprint density at radius 2 is 2.50 bits per heavy atom. The molecule has 6 nitrogen and oxygen atoms in total. The SMILES string of the molecule is COCCn1ccnc1CN1CCC(C(=O)O)C1. The first-order chi connectivity index (χ1) is 8.70. The Kier molecular flexibility index (Phi) is 4.33. The highest BCUT2D eigenvalue weighted by molar-refractivity contribution is 5.70. The van der Waals surface area contributed by atoms with E-state index in [1.165, 1.54) is 0 Å². The normalized spacial score (nSPS) is 20.4. The van der Waals surface area contributed by atoms with Crippen LogP contribution in [-0.2, 0) is 22.6 Å². The number of carbonyl (C=O) groups is 1. The molecule has 100 valence electrons. The topological polar surface area (TPSA) is 67.6 Å². The maximum atomic E-state index is 10.9. The van der Waals surface area contributed by atoms with Crippen molar-refractivity contribution in [3.63, 3.8) is 0 Å². The van der Waals surface area contributed by atoms with Crippen LogP contribution in [0, 0.1) is 5.92 Å². The molecular weight excluding hydrogens is 234 g/mol. The van der Waals surface area contributed by atoms with E-state index in [9.17, 15) is 4.79 Å². The monoisotopic (exact) mass is 253 g/mol. The minimum atomic E-state index is -0.694. The molecule has 1 N–H and O–H groups in total. The van der Waals surface area contributed by atoms with E-state index in [2.05, 4.69) is 14.5 Å². The molecule has 1 fully saturated rings. The van der Waals surface area contributed by atoms with Gasteiger partial charge in [0.1, 0.15) is 5.82 Å². The van der Waals surface area contributed by atoms with Gasteiger partial charge in [-0.15, -0.1) is 0 Å². The second-order valence-corrected chi connectivity index (χ2v) is 4.59. The first-order valence-corrected chi connectivity index (χ1v) is 6.15. The fourth-order valence-corrected chi connectivity index (χ4v) is 2.26. The van der Waals surface area contributed by atoms with Crippen molar-refractivity contribution in [2.45, 2.75) is 19.5 Å². The summed E-state index contributed by atoms with van der Waals surface area (Å²) in [5.74, 6) is 0.0469. The number of likely N-dealkylation sites (tertiary alicyclic amines) is 1. The third-order valence-corrected chi connectivity index (χ3v) is 3.32. The lowest BCUT2D eigenvalue weighted by molar-refractivity contribution is -0.141. The van der Waals surface area contributed by atoms with Crippen molar-refractivity contribution in [1.29, 1.82) is 0 Å². The zero-order valence-electron chi connectivity index (χ0n) is 10.6. The Bertz CT molecular complexity index is 405. The first-order valence-electron chi connectivity index (χ1n) is 6.15. The lowest BCUT2D eigenvalue weighted by Gasteiger charge is -2.15. The summed E-state index contributed by atoms with van der Waals surface area (Å²) < 4.78 is 7.10. The number of carboxylic acids is 1. The van der Waals surface area contributed by atoms with Gasteiger partial charge < -0.3 is 14.4 Å². The highest BCUT2D eigenvalue weighted by Crippen LogP contribution is 2.18. The summed E-state index contributed by atoms with van der Waals surface area (Å²) in [6.07, 6.45) is 4.43. The van der Waals surface area contributed by atoms with Crippen LogP contribution in [0.5, 0.6) is 0 Å². The number of rotatable bonds is 6. The van der Waals surface area contributed by atoms with Crippen LogP contribution in [-0.4, -0.2) is 52.3 Å². The number of nitrogens with zero attached hydrogens (tertiary/aromatic N) is 3. The molecule has 1 atom stereocenters. The van der Waals surface area contributed by atoms with Crippen molar-refractivity contribution >= 4 is 5.97 Å². The number of carboxylic acid groups (broad SMARTS) is 1. The fourth-order valence-electron chi connectivity index (χ4n) is 2.26. The maximum absolute atomic E-state index is 10.9. The number of ether oxygens (including phenoxy) is 1. The van der Waals surface area contributed by atoms with Gasteiger partial charge in [-0.2, -0.15) is 0 Å². The molecule has 1 saturated heterocycles. The molecule has 0 bridgehead atoms. The predicted octanol–water partition coefficient (Wildman–Crippen LogP) is 0.436. The fraction of sp³-hybridized carbons (Fsp3) is 0.667. The van der Waals surface area contributed by atoms with E-state index < -0.39 is 5.97 Å². The summed E-state index contributed by atoms with van der Waals surface area (Å²) in [5.41, 5.74) is 0. The van der Waals surface area contributed by atoms with Gasteiger partial charge in [-0.25, -0.2) is 4.98 Å². The molecule has 1 unspecified atom stereocenters. The molecule has 0 radical (unpaired) electrons. The average Bonchev–Trinajstić information content (AvgIpc) is 2.96. The Morgan fingerprint density at radius 1 is 1.67 bits per heavy atom. The number of hydrogen-bond acceptors (Lipinski definition) is 4. The van der Waals surface area contributed by atoms with Crippen molar-refractivity contribution in [3.8, 4) is 0 Å². The molecule has 0 aromatic carbocycles. The van der Waals surface area contributed by atoms with E-state index in [0.29, 0.717) is 19.7 Å². The van der Waals surface area contributed by atoms with Gasteiger partial charge in [-0.05, 0) is 13.0 Å². The quantitative estimate of drug-likeness (QED) is 0.796. The predicted molar refractivity (Wildman–Crippen MR) is 65.1 cm³/mol. The average molecular weight is 253 g/mol. The Hall–Kier alpha value is -1.40. The van der Waals surface area contributed by atoms with Crippen LogP contribution in [0.2, 0.25) is 0 Å². The van der Waals surface area contributed by atoms with Gasteiger partial charge in [0.25, 0.3) is 0 Å². The van der Waals surface area contributed by atoms with Crippen LogP contribution in [0.25, 0.3) is 0 Å². The van der Waals surface area contributed by atoms with Crippen molar-refractivity contribution in [2.24, 2.45) is 5.92 Å². The molecule has 2 heterocycles. The number of aliphatic carboxylic acids is 1. The molecule has 1 aromatic rings. The Balaban J connectivity index is 1.90. The molecular formula is C12H19N3O3. The number of methoxy groups -OCH3 is 1. The molecule has 0 amide bonds. The summed E-state index contributed by atoms with van der Waals surface area (Å²) >= 11 is 0. The summed E-state index contributed by atoms with van der Waals surface area (Å²) in [5, 5.41) is 8.96. The van der Waals surface area contributed by atoms with Gasteiger partial charge in [0.05, 0.1) is 19.1 Å². The second kappa shape index (κ2) is 5.97. The van der Waals surface area contributed by atoms with E-state index in [1.807, 2.05) is 6.20 Å². The number of imidazole rings is 1. The molecule has 1 aliphatic rings. The molecule has 2 rings (SSSR count). The largest absolute Gasteiger partial charge is 0.481 e. The first kappa shape index (κ1) is 13.0. The minimum Gasteiger partial charge on any atom is -0.481 e. The number of hydrogen-bond donors (Lipinski definition) is 1. The van der Waals surface area contributed by atoms with Crippen LogP contribution < -0.4 is 0 Å². The van der Waals surface area contributed by atoms with E-state index in [1.54, 1.807) is 13.3 Å². The standard InChI is InChI=1S/C12H19N3O3/c1-18-7-6-15-5-3-13-11(15)9-14-4-2-10(8-14)12(16)17/h3,5,10H,2,4,6-9H2,1H3,(H,16,17). The van der Waals surface area contributed by atoms with Crippen LogP contribution >= 0.6 is 0 Å². The molecule has 6 heteroatoms. The molecule has 18 heavy (non-hydrogen) atoms. The zero-order chi connectivity index (χ0) is 13.0. The summed E-state index contributed by atoms with van der Waals surface area (Å²) in [6, 6.07) is 0. The highest BCUT2D eigenvalue weighted by atomic mass is 16.5. The van der Waals surface area contributed by atoms with Gasteiger partial charge in [-0.3, -0.25) is 9.69 Å². The Morgan fingerprint density at radius 3 is 3.17 bits per heavy atom. The van der Waals surface area contributed by atoms with Crippen LogP contribution in [0.3, 0.4) is 0 Å². The smallest absolute Gasteiger partial charge is 0.307 e. The second-order valence-electron chi connectivity index (χ2n) is 4.59. The van der Waals surface area contributed by atoms with Gasteiger partial charge in [0.2, 0.25) is 0 Å². The maximum Gasteiger partial charge on any atom is 0.307 e. The van der Waals surface area contributed by atoms with E-state index in [-0.39, 0.29) is 5.92 Å². The summed E-state index contributed by atoms with van der Waals surface area (Å²) in [4.78, 5) is 17.4. The van der Waals surface area contributed by atoms with Crippen LogP contribution in [0.1, 0.15) is 12.2 Å². The van der Waals surface area contributed by atoms with Crippen LogP contribution in [0.15, 0.2) is 12.4 Å². The van der Waals surface area contributed by atoms with Gasteiger partial charge in [0.15, 0.2) is 0 Å². The molecule has 1 aromatic heterocycles. The summed E-state index contributed by atoms with van der Waals surface area (Å²) in [7, 11) is 1.68. The molecule has 0 aliphatic carbocycles. The van der Waals surface area contributed by atoms with Crippen molar-refractivity contribution in [1.82, 2.24) is 14.5 Å². The van der Waals surface area contributed by atoms with Crippen LogP contribution in [0.4, 0.5) is 0 Å². The zero-order valence-corrected chi connectivity index (χ0v) is 10.6.